The molecule has 34 heavy (non-hydrogen) atoms. The number of amides is 2. The fraction of sp³-hybridized carbons (Fsp3) is 0.115. The maximum Gasteiger partial charge on any atom is 0.266 e. The van der Waals surface area contributed by atoms with Crippen LogP contribution >= 0.6 is 11.6 Å². The van der Waals surface area contributed by atoms with Gasteiger partial charge in [0.05, 0.1) is 0 Å². The van der Waals surface area contributed by atoms with Crippen LogP contribution in [-0.4, -0.2) is 18.4 Å². The third kappa shape index (κ3) is 6.44. The van der Waals surface area contributed by atoms with Gasteiger partial charge in [-0.2, -0.15) is 5.26 Å². The highest BCUT2D eigenvalue weighted by atomic mass is 35.5. The number of ether oxygens (including phenoxy) is 1. The predicted molar refractivity (Wildman–Crippen MR) is 130 cm³/mol. The second kappa shape index (κ2) is 11.1. The lowest BCUT2D eigenvalue weighted by atomic mass is 10.1. The normalized spacial score (nSPS) is 10.9. The number of carbonyl (C=O) groups excluding carboxylic acids is 2. The number of nitrogens with one attached hydrogen (secondary N) is 2. The zero-order valence-electron chi connectivity index (χ0n) is 18.5. The zero-order valence-corrected chi connectivity index (χ0v) is 19.2. The molecule has 0 aliphatic carbocycles. The third-order valence-electron chi connectivity index (χ3n) is 4.98. The molecule has 2 amide bonds. The number of hydrogen-bond acceptors (Lipinski definition) is 4. The first-order valence-corrected chi connectivity index (χ1v) is 10.6. The van der Waals surface area contributed by atoms with E-state index >= 15 is 0 Å². The van der Waals surface area contributed by atoms with E-state index in [1.54, 1.807) is 12.1 Å². The van der Waals surface area contributed by atoms with Crippen molar-refractivity contribution in [1.29, 1.82) is 5.26 Å². The standard InChI is InChI=1S/C26H21ClFN3O3/c1-16-4-3-5-23(17(16)2)31-26(33)19(14-29)12-18-13-20(27)6-11-24(18)34-15-25(32)30-22-9-7-21(28)8-10-22/h3-13H,15H2,1-2H3,(H,30,32)(H,31,33). The van der Waals surface area contributed by atoms with Gasteiger partial charge in [-0.1, -0.05) is 23.7 Å². The lowest BCUT2D eigenvalue weighted by Gasteiger charge is -2.12. The Balaban J connectivity index is 1.76. The van der Waals surface area contributed by atoms with Crippen molar-refractivity contribution < 1.29 is 18.7 Å². The van der Waals surface area contributed by atoms with Crippen molar-refractivity contribution in [2.75, 3.05) is 17.2 Å². The van der Waals surface area contributed by atoms with Crippen molar-refractivity contribution in [1.82, 2.24) is 0 Å². The van der Waals surface area contributed by atoms with Crippen LogP contribution in [0.15, 0.2) is 66.2 Å². The minimum Gasteiger partial charge on any atom is -0.483 e. The van der Waals surface area contributed by atoms with Gasteiger partial charge in [-0.3, -0.25) is 9.59 Å². The molecule has 0 saturated carbocycles. The van der Waals surface area contributed by atoms with Gasteiger partial charge in [-0.25, -0.2) is 4.39 Å². The minimum atomic E-state index is -0.587. The van der Waals surface area contributed by atoms with Gasteiger partial charge in [0.1, 0.15) is 23.2 Å². The molecule has 2 N–H and O–H groups in total. The Hall–Kier alpha value is -4.15. The number of carbonyl (C=O) groups is 2. The topological polar surface area (TPSA) is 91.2 Å². The molecule has 0 saturated heterocycles. The van der Waals surface area contributed by atoms with Crippen molar-refractivity contribution in [2.45, 2.75) is 13.8 Å². The van der Waals surface area contributed by atoms with Gasteiger partial charge in [0.2, 0.25) is 0 Å². The van der Waals surface area contributed by atoms with Crippen LogP contribution in [0.2, 0.25) is 5.02 Å². The van der Waals surface area contributed by atoms with E-state index in [0.717, 1.165) is 11.1 Å². The molecule has 0 radical (unpaired) electrons. The quantitative estimate of drug-likeness (QED) is 0.339. The van der Waals surface area contributed by atoms with E-state index in [4.69, 9.17) is 16.3 Å². The van der Waals surface area contributed by atoms with Crippen LogP contribution in [0.4, 0.5) is 15.8 Å². The van der Waals surface area contributed by atoms with E-state index in [1.165, 1.54) is 42.5 Å². The van der Waals surface area contributed by atoms with Gasteiger partial charge in [-0.05, 0) is 79.6 Å². The number of rotatable bonds is 7. The third-order valence-corrected chi connectivity index (χ3v) is 5.21. The molecule has 0 unspecified atom stereocenters. The molecule has 0 bridgehead atoms. The summed E-state index contributed by atoms with van der Waals surface area (Å²) >= 11 is 6.10. The Kier molecular flexibility index (Phi) is 8.01. The van der Waals surface area contributed by atoms with Gasteiger partial charge in [0, 0.05) is 22.0 Å². The maximum absolute atomic E-state index is 13.0. The summed E-state index contributed by atoms with van der Waals surface area (Å²) < 4.78 is 18.6. The summed E-state index contributed by atoms with van der Waals surface area (Å²) in [6.45, 7) is 3.45. The number of nitriles is 1. The smallest absolute Gasteiger partial charge is 0.266 e. The van der Waals surface area contributed by atoms with Gasteiger partial charge in [0.15, 0.2) is 6.61 Å². The summed E-state index contributed by atoms with van der Waals surface area (Å²) in [6.07, 6.45) is 1.35. The van der Waals surface area contributed by atoms with E-state index in [1.807, 2.05) is 32.0 Å². The highest BCUT2D eigenvalue weighted by molar-refractivity contribution is 6.30. The molecule has 0 spiro atoms. The summed E-state index contributed by atoms with van der Waals surface area (Å²) in [5, 5.41) is 15.3. The molecule has 3 rings (SSSR count). The fourth-order valence-electron chi connectivity index (χ4n) is 3.02. The summed E-state index contributed by atoms with van der Waals surface area (Å²) in [5.41, 5.74) is 3.11. The Labute approximate surface area is 201 Å². The van der Waals surface area contributed by atoms with Crippen LogP contribution in [0.1, 0.15) is 16.7 Å². The maximum atomic E-state index is 13.0. The summed E-state index contributed by atoms with van der Waals surface area (Å²) in [5.74, 6) is -1.21. The number of aryl methyl sites for hydroxylation is 1. The molecule has 8 heteroatoms. The average molecular weight is 478 g/mol. The molecule has 172 valence electrons. The van der Waals surface area contributed by atoms with Gasteiger partial charge >= 0.3 is 0 Å². The van der Waals surface area contributed by atoms with Crippen molar-refractivity contribution in [3.8, 4) is 11.8 Å². The molecule has 3 aromatic carbocycles. The van der Waals surface area contributed by atoms with Crippen molar-refractivity contribution in [3.05, 3.63) is 93.8 Å². The van der Waals surface area contributed by atoms with Crippen LogP contribution < -0.4 is 15.4 Å². The van der Waals surface area contributed by atoms with Crippen LogP contribution in [0.3, 0.4) is 0 Å². The molecule has 0 heterocycles. The fourth-order valence-corrected chi connectivity index (χ4v) is 3.20. The van der Waals surface area contributed by atoms with Gasteiger partial charge < -0.3 is 15.4 Å². The number of benzene rings is 3. The summed E-state index contributed by atoms with van der Waals surface area (Å²) in [4.78, 5) is 24.9. The van der Waals surface area contributed by atoms with E-state index in [0.29, 0.717) is 22.0 Å². The lowest BCUT2D eigenvalue weighted by Crippen LogP contribution is -2.20. The molecule has 3 aromatic rings. The second-order valence-corrected chi connectivity index (χ2v) is 7.83. The van der Waals surface area contributed by atoms with E-state index in [2.05, 4.69) is 10.6 Å². The van der Waals surface area contributed by atoms with E-state index in [-0.39, 0.29) is 17.9 Å². The lowest BCUT2D eigenvalue weighted by molar-refractivity contribution is -0.118. The van der Waals surface area contributed by atoms with Crippen LogP contribution in [0.25, 0.3) is 6.08 Å². The highest BCUT2D eigenvalue weighted by Gasteiger charge is 2.14. The molecule has 0 fully saturated rings. The molecule has 0 aromatic heterocycles. The number of nitrogens with zero attached hydrogens (tertiary/aromatic N) is 1. The largest absolute Gasteiger partial charge is 0.483 e. The van der Waals surface area contributed by atoms with Crippen molar-refractivity contribution in [3.63, 3.8) is 0 Å². The molecule has 6 nitrogen and oxygen atoms in total. The Morgan fingerprint density at radius 1 is 1.09 bits per heavy atom. The highest BCUT2D eigenvalue weighted by Crippen LogP contribution is 2.26. The summed E-state index contributed by atoms with van der Waals surface area (Å²) in [6, 6.07) is 17.3. The van der Waals surface area contributed by atoms with Crippen LogP contribution in [-0.2, 0) is 9.59 Å². The Morgan fingerprint density at radius 3 is 2.53 bits per heavy atom. The van der Waals surface area contributed by atoms with E-state index in [9.17, 15) is 19.2 Å². The first kappa shape index (κ1) is 24.5. The monoisotopic (exact) mass is 477 g/mol. The van der Waals surface area contributed by atoms with Crippen molar-refractivity contribution in [2.24, 2.45) is 0 Å². The molecular weight excluding hydrogens is 457 g/mol. The van der Waals surface area contributed by atoms with Crippen molar-refractivity contribution >= 4 is 40.9 Å². The van der Waals surface area contributed by atoms with Crippen LogP contribution in [0.5, 0.6) is 5.75 Å². The number of hydrogen-bond donors (Lipinski definition) is 2. The first-order valence-electron chi connectivity index (χ1n) is 10.2. The Bertz CT molecular complexity index is 1300. The second-order valence-electron chi connectivity index (χ2n) is 7.40. The Morgan fingerprint density at radius 2 is 1.82 bits per heavy atom. The SMILES string of the molecule is Cc1cccc(NC(=O)C(C#N)=Cc2cc(Cl)ccc2OCC(=O)Nc2ccc(F)cc2)c1C. The minimum absolute atomic E-state index is 0.163. The predicted octanol–water partition coefficient (Wildman–Crippen LogP) is 5.66. The van der Waals surface area contributed by atoms with E-state index < -0.39 is 17.6 Å². The van der Waals surface area contributed by atoms with Crippen LogP contribution in [0, 0.1) is 31.0 Å². The van der Waals surface area contributed by atoms with Gasteiger partial charge in [-0.15, -0.1) is 0 Å². The molecule has 0 aliphatic rings. The number of anilines is 2. The van der Waals surface area contributed by atoms with Gasteiger partial charge in [0.25, 0.3) is 11.8 Å². The zero-order chi connectivity index (χ0) is 24.7. The first-order chi connectivity index (χ1) is 16.3. The number of halogens is 2. The molecule has 0 aliphatic heterocycles. The molecule has 0 atom stereocenters. The average Bonchev–Trinajstić information content (AvgIpc) is 2.81. The summed E-state index contributed by atoms with van der Waals surface area (Å²) in [7, 11) is 0. The molecular formula is C26H21ClFN3O3.